The number of ether oxygens (including phenoxy) is 2. The van der Waals surface area contributed by atoms with Crippen LogP contribution in [-0.4, -0.2) is 47.3 Å². The molecular formula is C16H22ClN3O3. The van der Waals surface area contributed by atoms with Gasteiger partial charge in [-0.1, -0.05) is 17.7 Å². The van der Waals surface area contributed by atoms with Crippen LogP contribution >= 0.6 is 11.6 Å². The molecule has 0 aliphatic carbocycles. The van der Waals surface area contributed by atoms with Crippen LogP contribution in [0.4, 0.5) is 0 Å². The highest BCUT2D eigenvalue weighted by Gasteiger charge is 2.16. The van der Waals surface area contributed by atoms with E-state index in [0.717, 1.165) is 17.1 Å². The Labute approximate surface area is 141 Å². The van der Waals surface area contributed by atoms with Gasteiger partial charge in [-0.05, 0) is 18.6 Å². The predicted octanol–water partition coefficient (Wildman–Crippen LogP) is 2.38. The molecular weight excluding hydrogens is 318 g/mol. The van der Waals surface area contributed by atoms with E-state index >= 15 is 0 Å². The lowest BCUT2D eigenvalue weighted by Crippen LogP contribution is -2.26. The van der Waals surface area contributed by atoms with Crippen molar-refractivity contribution >= 4 is 11.6 Å². The van der Waals surface area contributed by atoms with Gasteiger partial charge in [0.15, 0.2) is 11.5 Å². The first-order valence-corrected chi connectivity index (χ1v) is 7.69. The summed E-state index contributed by atoms with van der Waals surface area (Å²) < 4.78 is 10.6. The summed E-state index contributed by atoms with van der Waals surface area (Å²) in [5.74, 6) is 1.99. The van der Waals surface area contributed by atoms with Gasteiger partial charge in [-0.2, -0.15) is 0 Å². The second-order valence-corrected chi connectivity index (χ2v) is 5.58. The van der Waals surface area contributed by atoms with E-state index in [1.807, 2.05) is 19.1 Å². The van der Waals surface area contributed by atoms with Gasteiger partial charge in [0.25, 0.3) is 0 Å². The molecule has 0 saturated heterocycles. The first kappa shape index (κ1) is 17.6. The largest absolute Gasteiger partial charge is 0.493 e. The summed E-state index contributed by atoms with van der Waals surface area (Å²) in [6, 6.07) is 3.74. The number of imidazole rings is 1. The van der Waals surface area contributed by atoms with Gasteiger partial charge in [0, 0.05) is 31.5 Å². The molecule has 0 aliphatic rings. The number of halogens is 1. The molecule has 0 bridgehead atoms. The van der Waals surface area contributed by atoms with Gasteiger partial charge in [0.05, 0.1) is 25.8 Å². The topological polar surface area (TPSA) is 70.6 Å². The summed E-state index contributed by atoms with van der Waals surface area (Å²) in [4.78, 5) is 9.47. The Kier molecular flexibility index (Phi) is 6.27. The SMILES string of the molecule is COc1ccc(CN(CCO)Cc2cnc(C)[nH]2)c(Cl)c1OC. The highest BCUT2D eigenvalue weighted by Crippen LogP contribution is 2.37. The number of rotatable bonds is 8. The fourth-order valence-electron chi connectivity index (χ4n) is 2.44. The maximum Gasteiger partial charge on any atom is 0.179 e. The lowest BCUT2D eigenvalue weighted by Gasteiger charge is -2.22. The highest BCUT2D eigenvalue weighted by atomic mass is 35.5. The van der Waals surface area contributed by atoms with Crippen molar-refractivity contribution in [1.29, 1.82) is 0 Å². The molecule has 126 valence electrons. The van der Waals surface area contributed by atoms with Gasteiger partial charge in [-0.25, -0.2) is 4.98 Å². The summed E-state index contributed by atoms with van der Waals surface area (Å²) in [6.45, 7) is 3.73. The van der Waals surface area contributed by atoms with Crippen LogP contribution in [-0.2, 0) is 13.1 Å². The Balaban J connectivity index is 2.19. The zero-order valence-corrected chi connectivity index (χ0v) is 14.4. The number of benzene rings is 1. The lowest BCUT2D eigenvalue weighted by molar-refractivity contribution is 0.183. The van der Waals surface area contributed by atoms with Crippen molar-refractivity contribution in [2.75, 3.05) is 27.4 Å². The second kappa shape index (κ2) is 8.19. The molecule has 1 aromatic heterocycles. The molecule has 0 spiro atoms. The van der Waals surface area contributed by atoms with E-state index in [2.05, 4.69) is 14.9 Å². The van der Waals surface area contributed by atoms with E-state index in [-0.39, 0.29) is 6.61 Å². The molecule has 0 saturated carbocycles. The summed E-state index contributed by atoms with van der Waals surface area (Å²) >= 11 is 6.43. The number of aliphatic hydroxyl groups excluding tert-OH is 1. The third-order valence-electron chi connectivity index (χ3n) is 3.52. The van der Waals surface area contributed by atoms with Crippen molar-refractivity contribution in [3.05, 3.63) is 40.4 Å². The predicted molar refractivity (Wildman–Crippen MR) is 89.1 cm³/mol. The van der Waals surface area contributed by atoms with Crippen LogP contribution in [0.15, 0.2) is 18.3 Å². The van der Waals surface area contributed by atoms with Crippen molar-refractivity contribution < 1.29 is 14.6 Å². The second-order valence-electron chi connectivity index (χ2n) is 5.20. The number of methoxy groups -OCH3 is 2. The van der Waals surface area contributed by atoms with Crippen molar-refractivity contribution in [1.82, 2.24) is 14.9 Å². The van der Waals surface area contributed by atoms with Crippen molar-refractivity contribution in [2.24, 2.45) is 0 Å². The van der Waals surface area contributed by atoms with Crippen LogP contribution in [0.3, 0.4) is 0 Å². The van der Waals surface area contributed by atoms with Gasteiger partial charge in [0.1, 0.15) is 5.82 Å². The Bertz CT molecular complexity index is 645. The number of aromatic amines is 1. The molecule has 7 heteroatoms. The average molecular weight is 340 g/mol. The smallest absolute Gasteiger partial charge is 0.179 e. The maximum atomic E-state index is 9.30. The number of aryl methyl sites for hydroxylation is 1. The minimum Gasteiger partial charge on any atom is -0.493 e. The Morgan fingerprint density at radius 2 is 2.04 bits per heavy atom. The fourth-order valence-corrected chi connectivity index (χ4v) is 2.73. The zero-order chi connectivity index (χ0) is 16.8. The first-order valence-electron chi connectivity index (χ1n) is 7.32. The van der Waals surface area contributed by atoms with Crippen LogP contribution in [0.5, 0.6) is 11.5 Å². The fraction of sp³-hybridized carbons (Fsp3) is 0.438. The van der Waals surface area contributed by atoms with Gasteiger partial charge in [-0.3, -0.25) is 4.90 Å². The van der Waals surface area contributed by atoms with Crippen molar-refractivity contribution in [2.45, 2.75) is 20.0 Å². The van der Waals surface area contributed by atoms with Crippen LogP contribution < -0.4 is 9.47 Å². The minimum atomic E-state index is 0.0675. The highest BCUT2D eigenvalue weighted by molar-refractivity contribution is 6.33. The van der Waals surface area contributed by atoms with Gasteiger partial charge < -0.3 is 19.6 Å². The van der Waals surface area contributed by atoms with Crippen molar-refractivity contribution in [3.8, 4) is 11.5 Å². The number of hydrogen-bond acceptors (Lipinski definition) is 5. The van der Waals surface area contributed by atoms with E-state index in [1.165, 1.54) is 0 Å². The van der Waals surface area contributed by atoms with E-state index in [4.69, 9.17) is 21.1 Å². The normalized spacial score (nSPS) is 11.0. The molecule has 2 N–H and O–H groups in total. The molecule has 0 atom stereocenters. The molecule has 0 unspecified atom stereocenters. The molecule has 2 aromatic rings. The van der Waals surface area contributed by atoms with Crippen LogP contribution in [0, 0.1) is 6.92 Å². The zero-order valence-electron chi connectivity index (χ0n) is 13.6. The molecule has 23 heavy (non-hydrogen) atoms. The quantitative estimate of drug-likeness (QED) is 0.772. The monoisotopic (exact) mass is 339 g/mol. The third-order valence-corrected chi connectivity index (χ3v) is 3.94. The maximum absolute atomic E-state index is 9.30. The molecule has 0 fully saturated rings. The van der Waals surface area contributed by atoms with Gasteiger partial charge in [0.2, 0.25) is 0 Å². The van der Waals surface area contributed by atoms with Gasteiger partial charge >= 0.3 is 0 Å². The summed E-state index contributed by atoms with van der Waals surface area (Å²) in [5.41, 5.74) is 1.90. The van der Waals surface area contributed by atoms with Crippen molar-refractivity contribution in [3.63, 3.8) is 0 Å². The van der Waals surface area contributed by atoms with Gasteiger partial charge in [-0.15, -0.1) is 0 Å². The number of aliphatic hydroxyl groups is 1. The average Bonchev–Trinajstić information content (AvgIpc) is 2.94. The number of nitrogens with one attached hydrogen (secondary N) is 1. The number of nitrogens with zero attached hydrogens (tertiary/aromatic N) is 2. The van der Waals surface area contributed by atoms with Crippen LogP contribution in [0.25, 0.3) is 0 Å². The number of hydrogen-bond donors (Lipinski definition) is 2. The van der Waals surface area contributed by atoms with E-state index in [1.54, 1.807) is 20.4 Å². The summed E-state index contributed by atoms with van der Waals surface area (Å²) in [7, 11) is 3.14. The minimum absolute atomic E-state index is 0.0675. The number of aromatic nitrogens is 2. The Morgan fingerprint density at radius 3 is 2.61 bits per heavy atom. The van der Waals surface area contributed by atoms with Crippen LogP contribution in [0.2, 0.25) is 5.02 Å². The summed E-state index contributed by atoms with van der Waals surface area (Å²) in [6.07, 6.45) is 1.80. The molecule has 0 radical (unpaired) electrons. The van der Waals surface area contributed by atoms with Crippen LogP contribution in [0.1, 0.15) is 17.1 Å². The molecule has 1 aromatic carbocycles. The third kappa shape index (κ3) is 4.37. The molecule has 0 amide bonds. The number of H-pyrrole nitrogens is 1. The Morgan fingerprint density at radius 1 is 1.26 bits per heavy atom. The Hall–Kier alpha value is -1.76. The van der Waals surface area contributed by atoms with E-state index in [0.29, 0.717) is 36.2 Å². The first-order chi connectivity index (χ1) is 11.1. The van der Waals surface area contributed by atoms with E-state index in [9.17, 15) is 5.11 Å². The lowest BCUT2D eigenvalue weighted by atomic mass is 10.1. The molecule has 2 rings (SSSR count). The van der Waals surface area contributed by atoms with E-state index < -0.39 is 0 Å². The molecule has 1 heterocycles. The standard InChI is InChI=1S/C16H22ClN3O3/c1-11-18-8-13(19-11)10-20(6-7-21)9-12-4-5-14(22-2)16(23-3)15(12)17/h4-5,8,21H,6-7,9-10H2,1-3H3,(H,18,19). The molecule has 0 aliphatic heterocycles. The summed E-state index contributed by atoms with van der Waals surface area (Å²) in [5, 5.41) is 9.83. The molecule has 6 nitrogen and oxygen atoms in total.